The van der Waals surface area contributed by atoms with Gasteiger partial charge in [0.05, 0.1) is 6.54 Å². The molecule has 1 aliphatic heterocycles. The van der Waals surface area contributed by atoms with Crippen molar-refractivity contribution in [3.8, 4) is 0 Å². The lowest BCUT2D eigenvalue weighted by molar-refractivity contribution is 0.391. The third kappa shape index (κ3) is 3.13. The molecule has 4 heteroatoms. The van der Waals surface area contributed by atoms with E-state index in [1.54, 1.807) is 0 Å². The number of imidazole rings is 1. The average molecular weight is 306 g/mol. The quantitative estimate of drug-likeness (QED) is 0.805. The summed E-state index contributed by atoms with van der Waals surface area (Å²) in [6, 6.07) is 15.1. The number of piperidine rings is 1. The smallest absolute Gasteiger partial charge is 0.160 e. The number of fused-ring (bicyclic) bond motifs is 1. The number of hydrogen-bond acceptors (Lipinski definition) is 3. The van der Waals surface area contributed by atoms with Crippen LogP contribution in [0.1, 0.15) is 30.7 Å². The first-order chi connectivity index (χ1) is 11.4. The maximum absolute atomic E-state index is 4.86. The van der Waals surface area contributed by atoms with Gasteiger partial charge >= 0.3 is 0 Å². The predicted octanol–water partition coefficient (Wildman–Crippen LogP) is 3.16. The van der Waals surface area contributed by atoms with Crippen LogP contribution in [0, 0.1) is 0 Å². The molecule has 0 saturated carbocycles. The molecule has 3 aromatic rings. The van der Waals surface area contributed by atoms with Gasteiger partial charge in [0.1, 0.15) is 11.3 Å². The first kappa shape index (κ1) is 14.4. The third-order valence-corrected chi connectivity index (χ3v) is 4.61. The molecule has 0 radical (unpaired) electrons. The summed E-state index contributed by atoms with van der Waals surface area (Å²) in [5.74, 6) is 1.14. The summed E-state index contributed by atoms with van der Waals surface area (Å²) >= 11 is 0. The molecule has 4 rings (SSSR count). The molecule has 1 atom stereocenters. The zero-order chi connectivity index (χ0) is 15.5. The van der Waals surface area contributed by atoms with Crippen molar-refractivity contribution in [2.75, 3.05) is 6.54 Å². The third-order valence-electron chi connectivity index (χ3n) is 4.61. The maximum Gasteiger partial charge on any atom is 0.160 e. The van der Waals surface area contributed by atoms with E-state index in [0.29, 0.717) is 6.04 Å². The van der Waals surface area contributed by atoms with Gasteiger partial charge in [0.15, 0.2) is 5.65 Å². The average Bonchev–Trinajstić information content (AvgIpc) is 2.94. The highest BCUT2D eigenvalue weighted by atomic mass is 15.1. The Bertz CT molecular complexity index is 772. The minimum Gasteiger partial charge on any atom is -0.314 e. The van der Waals surface area contributed by atoms with E-state index in [-0.39, 0.29) is 0 Å². The van der Waals surface area contributed by atoms with Crippen molar-refractivity contribution in [3.05, 3.63) is 60.0 Å². The second-order valence-corrected chi connectivity index (χ2v) is 6.30. The lowest BCUT2D eigenvalue weighted by Gasteiger charge is -2.23. The van der Waals surface area contributed by atoms with Crippen molar-refractivity contribution in [2.45, 2.75) is 38.3 Å². The largest absolute Gasteiger partial charge is 0.314 e. The zero-order valence-electron chi connectivity index (χ0n) is 13.3. The van der Waals surface area contributed by atoms with Crippen molar-refractivity contribution in [1.29, 1.82) is 0 Å². The molecule has 1 unspecified atom stereocenters. The van der Waals surface area contributed by atoms with Gasteiger partial charge in [0.2, 0.25) is 0 Å². The van der Waals surface area contributed by atoms with Crippen LogP contribution in [0.25, 0.3) is 11.2 Å². The van der Waals surface area contributed by atoms with Gasteiger partial charge in [0.25, 0.3) is 0 Å². The molecule has 0 aliphatic carbocycles. The van der Waals surface area contributed by atoms with Crippen molar-refractivity contribution < 1.29 is 0 Å². The van der Waals surface area contributed by atoms with Crippen LogP contribution in [0.15, 0.2) is 48.7 Å². The van der Waals surface area contributed by atoms with E-state index in [1.807, 2.05) is 12.3 Å². The van der Waals surface area contributed by atoms with Crippen LogP contribution in [0.3, 0.4) is 0 Å². The summed E-state index contributed by atoms with van der Waals surface area (Å²) < 4.78 is 2.28. The van der Waals surface area contributed by atoms with Gasteiger partial charge in [-0.15, -0.1) is 0 Å². The number of aromatic nitrogens is 3. The summed E-state index contributed by atoms with van der Waals surface area (Å²) in [7, 11) is 0. The van der Waals surface area contributed by atoms with E-state index in [2.05, 4.69) is 51.3 Å². The number of nitrogens with one attached hydrogen (secondary N) is 1. The molecule has 1 aromatic carbocycles. The molecule has 1 fully saturated rings. The van der Waals surface area contributed by atoms with Gasteiger partial charge in [-0.3, -0.25) is 0 Å². The van der Waals surface area contributed by atoms with Crippen LogP contribution in [0.5, 0.6) is 0 Å². The fourth-order valence-corrected chi connectivity index (χ4v) is 3.41. The van der Waals surface area contributed by atoms with Crippen LogP contribution in [0.4, 0.5) is 0 Å². The molecule has 1 aliphatic rings. The molecular weight excluding hydrogens is 284 g/mol. The van der Waals surface area contributed by atoms with E-state index in [0.717, 1.165) is 36.5 Å². The lowest BCUT2D eigenvalue weighted by Crippen LogP contribution is -2.36. The predicted molar refractivity (Wildman–Crippen MR) is 92.4 cm³/mol. The fourth-order valence-electron chi connectivity index (χ4n) is 3.41. The van der Waals surface area contributed by atoms with E-state index >= 15 is 0 Å². The fraction of sp³-hybridized carbons (Fsp3) is 0.368. The first-order valence-electron chi connectivity index (χ1n) is 8.47. The van der Waals surface area contributed by atoms with E-state index in [9.17, 15) is 0 Å². The van der Waals surface area contributed by atoms with Crippen LogP contribution in [0.2, 0.25) is 0 Å². The minimum atomic E-state index is 0.537. The summed E-state index contributed by atoms with van der Waals surface area (Å²) in [5.41, 5.74) is 3.27. The van der Waals surface area contributed by atoms with Crippen molar-refractivity contribution in [3.63, 3.8) is 0 Å². The molecule has 0 amide bonds. The number of nitrogens with zero attached hydrogens (tertiary/aromatic N) is 3. The Morgan fingerprint density at radius 2 is 2.00 bits per heavy atom. The molecule has 0 bridgehead atoms. The van der Waals surface area contributed by atoms with Crippen LogP contribution < -0.4 is 5.32 Å². The van der Waals surface area contributed by atoms with Gasteiger partial charge in [0, 0.05) is 18.7 Å². The zero-order valence-corrected chi connectivity index (χ0v) is 13.3. The summed E-state index contributed by atoms with van der Waals surface area (Å²) in [6.07, 6.45) is 6.67. The molecule has 1 N–H and O–H groups in total. The van der Waals surface area contributed by atoms with Crippen molar-refractivity contribution in [2.24, 2.45) is 0 Å². The van der Waals surface area contributed by atoms with Crippen LogP contribution in [-0.4, -0.2) is 27.1 Å². The highest BCUT2D eigenvalue weighted by Gasteiger charge is 2.18. The van der Waals surface area contributed by atoms with Crippen LogP contribution in [-0.2, 0) is 13.0 Å². The number of benzene rings is 1. The van der Waals surface area contributed by atoms with Crippen molar-refractivity contribution in [1.82, 2.24) is 19.9 Å². The Hall–Kier alpha value is -2.20. The van der Waals surface area contributed by atoms with Gasteiger partial charge in [-0.05, 0) is 37.1 Å². The normalized spacial score (nSPS) is 18.3. The highest BCUT2D eigenvalue weighted by Crippen LogP contribution is 2.19. The molecule has 1 saturated heterocycles. The summed E-state index contributed by atoms with van der Waals surface area (Å²) in [4.78, 5) is 9.43. The Morgan fingerprint density at radius 3 is 2.83 bits per heavy atom. The van der Waals surface area contributed by atoms with Gasteiger partial charge in [-0.25, -0.2) is 9.97 Å². The van der Waals surface area contributed by atoms with Gasteiger partial charge in [-0.1, -0.05) is 36.8 Å². The van der Waals surface area contributed by atoms with E-state index < -0.39 is 0 Å². The molecule has 2 aromatic heterocycles. The topological polar surface area (TPSA) is 42.7 Å². The molecule has 23 heavy (non-hydrogen) atoms. The second-order valence-electron chi connectivity index (χ2n) is 6.30. The molecular formula is C19H22N4. The molecule has 0 spiro atoms. The number of hydrogen-bond donors (Lipinski definition) is 1. The number of rotatable bonds is 4. The van der Waals surface area contributed by atoms with Gasteiger partial charge < -0.3 is 9.88 Å². The van der Waals surface area contributed by atoms with Crippen molar-refractivity contribution >= 4 is 11.2 Å². The van der Waals surface area contributed by atoms with E-state index in [1.165, 1.54) is 24.8 Å². The first-order valence-corrected chi connectivity index (χ1v) is 8.47. The lowest BCUT2D eigenvalue weighted by atomic mass is 10.0. The van der Waals surface area contributed by atoms with Crippen LogP contribution >= 0.6 is 0 Å². The SMILES string of the molecule is c1ccc(Cn2c(CC3CCCCN3)nc3cccnc32)cc1. The standard InChI is InChI=1S/C19H22N4/c1-2-7-15(8-3-1)14-23-18(13-16-9-4-5-11-20-16)22-17-10-6-12-21-19(17)23/h1-3,6-8,10,12,16,20H,4-5,9,11,13-14H2. The highest BCUT2D eigenvalue weighted by molar-refractivity contribution is 5.71. The summed E-state index contributed by atoms with van der Waals surface area (Å²) in [6.45, 7) is 1.96. The Kier molecular flexibility index (Phi) is 4.07. The monoisotopic (exact) mass is 306 g/mol. The van der Waals surface area contributed by atoms with Gasteiger partial charge in [-0.2, -0.15) is 0 Å². The van der Waals surface area contributed by atoms with E-state index in [4.69, 9.17) is 4.98 Å². The Morgan fingerprint density at radius 1 is 1.09 bits per heavy atom. The Balaban J connectivity index is 1.69. The summed E-state index contributed by atoms with van der Waals surface area (Å²) in [5, 5.41) is 3.63. The molecule has 3 heterocycles. The molecule has 4 nitrogen and oxygen atoms in total. The minimum absolute atomic E-state index is 0.537. The maximum atomic E-state index is 4.86. The number of pyridine rings is 1. The second kappa shape index (κ2) is 6.50. The Labute approximate surface area is 136 Å². The molecule has 118 valence electrons.